The third kappa shape index (κ3) is 3.08. The van der Waals surface area contributed by atoms with Gasteiger partial charge in [0.1, 0.15) is 17.5 Å². The fourth-order valence-electron chi connectivity index (χ4n) is 1.68. The first-order chi connectivity index (χ1) is 7.68. The molecule has 1 unspecified atom stereocenters. The van der Waals surface area contributed by atoms with Gasteiger partial charge >= 0.3 is 0 Å². The quantitative estimate of drug-likeness (QED) is 0.931. The van der Waals surface area contributed by atoms with Crippen LogP contribution in [-0.4, -0.2) is 15.8 Å². The van der Waals surface area contributed by atoms with Crippen LogP contribution in [0, 0.1) is 0 Å². The van der Waals surface area contributed by atoms with Crippen molar-refractivity contribution in [3.63, 3.8) is 0 Å². The number of aromatic nitrogens is 2. The second kappa shape index (κ2) is 5.84. The SMILES string of the molecule is CC(=O)C(c1ccc(Cl)cc1)c1ncc[nH]1.Cl. The molecule has 0 amide bonds. The van der Waals surface area contributed by atoms with Crippen molar-refractivity contribution in [2.24, 2.45) is 0 Å². The summed E-state index contributed by atoms with van der Waals surface area (Å²) < 4.78 is 0. The van der Waals surface area contributed by atoms with Crippen molar-refractivity contribution in [2.75, 3.05) is 0 Å². The maximum Gasteiger partial charge on any atom is 0.144 e. The molecule has 2 rings (SSSR count). The Labute approximate surface area is 111 Å². The van der Waals surface area contributed by atoms with Crippen LogP contribution in [0.25, 0.3) is 0 Å². The first-order valence-electron chi connectivity index (χ1n) is 4.93. The summed E-state index contributed by atoms with van der Waals surface area (Å²) in [7, 11) is 0. The van der Waals surface area contributed by atoms with Crippen LogP contribution in [-0.2, 0) is 4.79 Å². The molecular weight excluding hydrogens is 259 g/mol. The summed E-state index contributed by atoms with van der Waals surface area (Å²) in [4.78, 5) is 18.7. The number of H-pyrrole nitrogens is 1. The van der Waals surface area contributed by atoms with Gasteiger partial charge in [-0.1, -0.05) is 23.7 Å². The first kappa shape index (κ1) is 13.7. The smallest absolute Gasteiger partial charge is 0.144 e. The van der Waals surface area contributed by atoms with Gasteiger partial charge in [0, 0.05) is 17.4 Å². The Morgan fingerprint density at radius 2 is 2.00 bits per heavy atom. The van der Waals surface area contributed by atoms with E-state index < -0.39 is 0 Å². The van der Waals surface area contributed by atoms with E-state index in [2.05, 4.69) is 9.97 Å². The van der Waals surface area contributed by atoms with E-state index in [1.54, 1.807) is 31.5 Å². The van der Waals surface area contributed by atoms with Gasteiger partial charge in [-0.15, -0.1) is 12.4 Å². The summed E-state index contributed by atoms with van der Waals surface area (Å²) in [6.07, 6.45) is 3.35. The number of rotatable bonds is 3. The molecule has 5 heteroatoms. The first-order valence-corrected chi connectivity index (χ1v) is 5.31. The van der Waals surface area contributed by atoms with E-state index in [0.717, 1.165) is 5.56 Å². The molecule has 0 aliphatic heterocycles. The standard InChI is InChI=1S/C12H11ClN2O.ClH/c1-8(16)11(12-14-6-7-15-12)9-2-4-10(13)5-3-9;/h2-7,11H,1H3,(H,14,15);1H. The van der Waals surface area contributed by atoms with E-state index >= 15 is 0 Å². The Balaban J connectivity index is 0.00000144. The molecule has 1 aromatic heterocycles. The number of benzene rings is 1. The summed E-state index contributed by atoms with van der Waals surface area (Å²) in [6.45, 7) is 1.56. The maximum atomic E-state index is 11.6. The Morgan fingerprint density at radius 1 is 1.35 bits per heavy atom. The molecule has 3 nitrogen and oxygen atoms in total. The number of imidazole rings is 1. The molecule has 0 spiro atoms. The van der Waals surface area contributed by atoms with Gasteiger partial charge in [0.15, 0.2) is 0 Å². The Morgan fingerprint density at radius 3 is 2.47 bits per heavy atom. The van der Waals surface area contributed by atoms with Gasteiger partial charge in [-0.25, -0.2) is 4.98 Å². The lowest BCUT2D eigenvalue weighted by Gasteiger charge is -2.11. The van der Waals surface area contributed by atoms with E-state index in [1.165, 1.54) is 0 Å². The van der Waals surface area contributed by atoms with Crippen LogP contribution in [0.15, 0.2) is 36.7 Å². The van der Waals surface area contributed by atoms with Crippen LogP contribution < -0.4 is 0 Å². The minimum Gasteiger partial charge on any atom is -0.348 e. The number of aromatic amines is 1. The van der Waals surface area contributed by atoms with Crippen molar-refractivity contribution in [2.45, 2.75) is 12.8 Å². The Kier molecular flexibility index (Phi) is 4.73. The number of Topliss-reactive ketones (excluding diaryl/α,β-unsaturated/α-hetero) is 1. The van der Waals surface area contributed by atoms with Crippen molar-refractivity contribution >= 4 is 29.8 Å². The normalized spacial score (nSPS) is 11.6. The van der Waals surface area contributed by atoms with E-state index in [-0.39, 0.29) is 24.1 Å². The fraction of sp³-hybridized carbons (Fsp3) is 0.167. The highest BCUT2D eigenvalue weighted by Gasteiger charge is 2.20. The zero-order chi connectivity index (χ0) is 11.5. The summed E-state index contributed by atoms with van der Waals surface area (Å²) >= 11 is 5.81. The van der Waals surface area contributed by atoms with Crippen LogP contribution in [0.2, 0.25) is 5.02 Å². The molecule has 2 aromatic rings. The van der Waals surface area contributed by atoms with Gasteiger partial charge in [-0.2, -0.15) is 0 Å². The van der Waals surface area contributed by atoms with Crippen molar-refractivity contribution in [1.82, 2.24) is 9.97 Å². The van der Waals surface area contributed by atoms with Crippen molar-refractivity contribution < 1.29 is 4.79 Å². The van der Waals surface area contributed by atoms with Crippen LogP contribution in [0.3, 0.4) is 0 Å². The summed E-state index contributed by atoms with van der Waals surface area (Å²) in [5, 5.41) is 0.658. The maximum absolute atomic E-state index is 11.6. The molecule has 0 fully saturated rings. The Hall–Kier alpha value is -1.32. The van der Waals surface area contributed by atoms with E-state index in [9.17, 15) is 4.79 Å². The minimum atomic E-state index is -0.340. The fourth-order valence-corrected chi connectivity index (χ4v) is 1.80. The van der Waals surface area contributed by atoms with Gasteiger partial charge in [0.05, 0.1) is 0 Å². The largest absolute Gasteiger partial charge is 0.348 e. The highest BCUT2D eigenvalue weighted by Crippen LogP contribution is 2.24. The topological polar surface area (TPSA) is 45.8 Å². The lowest BCUT2D eigenvalue weighted by Crippen LogP contribution is -2.12. The van der Waals surface area contributed by atoms with Gasteiger partial charge in [-0.05, 0) is 24.6 Å². The van der Waals surface area contributed by atoms with Gasteiger partial charge < -0.3 is 4.98 Å². The monoisotopic (exact) mass is 270 g/mol. The molecule has 1 aromatic carbocycles. The summed E-state index contributed by atoms with van der Waals surface area (Å²) in [6, 6.07) is 7.24. The average molecular weight is 271 g/mol. The zero-order valence-electron chi connectivity index (χ0n) is 9.18. The van der Waals surface area contributed by atoms with E-state index in [0.29, 0.717) is 10.8 Å². The highest BCUT2D eigenvalue weighted by molar-refractivity contribution is 6.30. The van der Waals surface area contributed by atoms with E-state index in [1.807, 2.05) is 12.1 Å². The van der Waals surface area contributed by atoms with Crippen LogP contribution in [0.5, 0.6) is 0 Å². The predicted octanol–water partition coefficient (Wildman–Crippen LogP) is 3.21. The van der Waals surface area contributed by atoms with Crippen molar-refractivity contribution in [3.8, 4) is 0 Å². The molecule has 0 bridgehead atoms. The molecular formula is C12H12Cl2N2O. The van der Waals surface area contributed by atoms with Crippen LogP contribution >= 0.6 is 24.0 Å². The molecule has 0 radical (unpaired) electrons. The lowest BCUT2D eigenvalue weighted by molar-refractivity contribution is -0.117. The summed E-state index contributed by atoms with van der Waals surface area (Å²) in [5.41, 5.74) is 0.895. The number of hydrogen-bond donors (Lipinski definition) is 1. The van der Waals surface area contributed by atoms with Crippen molar-refractivity contribution in [1.29, 1.82) is 0 Å². The second-order valence-corrected chi connectivity index (χ2v) is 4.01. The third-order valence-corrected chi connectivity index (χ3v) is 2.65. The average Bonchev–Trinajstić information content (AvgIpc) is 2.74. The molecule has 0 saturated carbocycles. The van der Waals surface area contributed by atoms with Gasteiger partial charge in [-0.3, -0.25) is 4.79 Å². The molecule has 90 valence electrons. The number of ketones is 1. The molecule has 17 heavy (non-hydrogen) atoms. The number of halogens is 2. The number of nitrogens with zero attached hydrogens (tertiary/aromatic N) is 1. The van der Waals surface area contributed by atoms with E-state index in [4.69, 9.17) is 11.6 Å². The van der Waals surface area contributed by atoms with Gasteiger partial charge in [0.2, 0.25) is 0 Å². The third-order valence-electron chi connectivity index (χ3n) is 2.40. The number of hydrogen-bond acceptors (Lipinski definition) is 2. The van der Waals surface area contributed by atoms with Crippen LogP contribution in [0.4, 0.5) is 0 Å². The van der Waals surface area contributed by atoms with Crippen molar-refractivity contribution in [3.05, 3.63) is 53.1 Å². The second-order valence-electron chi connectivity index (χ2n) is 3.57. The lowest BCUT2D eigenvalue weighted by atomic mass is 9.95. The molecule has 1 atom stereocenters. The van der Waals surface area contributed by atoms with Gasteiger partial charge in [0.25, 0.3) is 0 Å². The number of nitrogens with one attached hydrogen (secondary N) is 1. The highest BCUT2D eigenvalue weighted by atomic mass is 35.5. The predicted molar refractivity (Wildman–Crippen MR) is 69.8 cm³/mol. The van der Waals surface area contributed by atoms with Crippen LogP contribution in [0.1, 0.15) is 24.2 Å². The molecule has 1 heterocycles. The summed E-state index contributed by atoms with van der Waals surface area (Å²) in [5.74, 6) is 0.374. The number of carbonyl (C=O) groups excluding carboxylic acids is 1. The zero-order valence-corrected chi connectivity index (χ0v) is 10.8. The number of carbonyl (C=O) groups is 1. The minimum absolute atomic E-state index is 0. The molecule has 0 aliphatic carbocycles. The molecule has 0 aliphatic rings. The Bertz CT molecular complexity index is 480. The molecule has 0 saturated heterocycles. The molecule has 1 N–H and O–H groups in total.